The van der Waals surface area contributed by atoms with Crippen LogP contribution in [0.15, 0.2) is 22.7 Å². The first-order valence-corrected chi connectivity index (χ1v) is 7.46. The molecular formula is C12H12BrIN2O2. The number of rotatable bonds is 2. The van der Waals surface area contributed by atoms with Crippen LogP contribution in [0.5, 0.6) is 0 Å². The number of carbonyl (C=O) groups excluding carboxylic acids is 2. The molecule has 0 saturated carbocycles. The average Bonchev–Trinajstić information content (AvgIpc) is 2.35. The van der Waals surface area contributed by atoms with Gasteiger partial charge in [0.2, 0.25) is 5.91 Å². The van der Waals surface area contributed by atoms with Gasteiger partial charge in [-0.1, -0.05) is 0 Å². The highest BCUT2D eigenvalue weighted by molar-refractivity contribution is 14.1. The van der Waals surface area contributed by atoms with Gasteiger partial charge >= 0.3 is 0 Å². The van der Waals surface area contributed by atoms with Gasteiger partial charge in [-0.25, -0.2) is 0 Å². The topological polar surface area (TPSA) is 58.2 Å². The summed E-state index contributed by atoms with van der Waals surface area (Å²) in [6, 6.07) is 5.64. The molecule has 1 unspecified atom stereocenters. The molecule has 1 aliphatic rings. The molecule has 0 aliphatic carbocycles. The van der Waals surface area contributed by atoms with Crippen molar-refractivity contribution in [3.63, 3.8) is 0 Å². The molecule has 1 atom stereocenters. The van der Waals surface area contributed by atoms with Gasteiger partial charge in [0.1, 0.15) is 0 Å². The van der Waals surface area contributed by atoms with E-state index in [9.17, 15) is 9.59 Å². The molecule has 1 aromatic rings. The summed E-state index contributed by atoms with van der Waals surface area (Å²) in [6.07, 6.45) is 1.16. The van der Waals surface area contributed by atoms with Crippen molar-refractivity contribution < 1.29 is 9.59 Å². The van der Waals surface area contributed by atoms with E-state index in [0.717, 1.165) is 8.04 Å². The van der Waals surface area contributed by atoms with Gasteiger partial charge in [-0.05, 0) is 63.1 Å². The SMILES string of the molecule is O=C1CCC(NC(=O)c2cc(I)ccc2Br)CN1. The quantitative estimate of drug-likeness (QED) is 0.717. The van der Waals surface area contributed by atoms with Gasteiger partial charge in [0.25, 0.3) is 5.91 Å². The van der Waals surface area contributed by atoms with Crippen LogP contribution in [0.4, 0.5) is 0 Å². The molecule has 6 heteroatoms. The van der Waals surface area contributed by atoms with E-state index in [1.807, 2.05) is 18.2 Å². The third-order valence-corrected chi connectivity index (χ3v) is 4.14. The summed E-state index contributed by atoms with van der Waals surface area (Å²) in [5.41, 5.74) is 0.624. The first-order valence-electron chi connectivity index (χ1n) is 5.59. The van der Waals surface area contributed by atoms with Crippen LogP contribution in [0.3, 0.4) is 0 Å². The summed E-state index contributed by atoms with van der Waals surface area (Å²) < 4.78 is 1.79. The van der Waals surface area contributed by atoms with Crippen LogP contribution in [0.1, 0.15) is 23.2 Å². The number of benzene rings is 1. The number of piperidine rings is 1. The van der Waals surface area contributed by atoms with Crippen molar-refractivity contribution >= 4 is 50.3 Å². The van der Waals surface area contributed by atoms with E-state index < -0.39 is 0 Å². The second-order valence-electron chi connectivity index (χ2n) is 4.14. The van der Waals surface area contributed by atoms with Crippen LogP contribution in [0, 0.1) is 3.57 Å². The number of carbonyl (C=O) groups is 2. The summed E-state index contributed by atoms with van der Waals surface area (Å²) >= 11 is 5.54. The Kier molecular flexibility index (Phi) is 4.60. The molecule has 1 heterocycles. The third kappa shape index (κ3) is 3.44. The normalized spacial score (nSPS) is 19.2. The standard InChI is InChI=1S/C12H12BrIN2O2/c13-10-3-1-7(14)5-9(10)12(18)16-8-2-4-11(17)15-6-8/h1,3,5,8H,2,4,6H2,(H,15,17)(H,16,18). The number of halogens is 2. The Morgan fingerprint density at radius 2 is 2.28 bits per heavy atom. The zero-order chi connectivity index (χ0) is 13.1. The van der Waals surface area contributed by atoms with Gasteiger partial charge in [-0.2, -0.15) is 0 Å². The largest absolute Gasteiger partial charge is 0.354 e. The predicted molar refractivity (Wildman–Crippen MR) is 80.4 cm³/mol. The van der Waals surface area contributed by atoms with E-state index in [1.54, 1.807) is 0 Å². The molecule has 18 heavy (non-hydrogen) atoms. The summed E-state index contributed by atoms with van der Waals surface area (Å²) in [6.45, 7) is 0.506. The summed E-state index contributed by atoms with van der Waals surface area (Å²) in [5, 5.41) is 5.68. The van der Waals surface area contributed by atoms with E-state index in [2.05, 4.69) is 49.2 Å². The lowest BCUT2D eigenvalue weighted by atomic mass is 10.1. The van der Waals surface area contributed by atoms with Gasteiger partial charge < -0.3 is 10.6 Å². The lowest BCUT2D eigenvalue weighted by Gasteiger charge is -2.23. The van der Waals surface area contributed by atoms with E-state index in [-0.39, 0.29) is 17.9 Å². The molecule has 1 fully saturated rings. The Morgan fingerprint density at radius 1 is 1.50 bits per heavy atom. The average molecular weight is 423 g/mol. The first kappa shape index (κ1) is 13.8. The first-order chi connectivity index (χ1) is 8.56. The van der Waals surface area contributed by atoms with Crippen molar-refractivity contribution in [3.8, 4) is 0 Å². The Hall–Kier alpha value is -0.630. The maximum atomic E-state index is 12.1. The van der Waals surface area contributed by atoms with Gasteiger partial charge in [0.15, 0.2) is 0 Å². The van der Waals surface area contributed by atoms with E-state index in [1.165, 1.54) is 0 Å². The maximum Gasteiger partial charge on any atom is 0.252 e. The molecule has 1 aromatic carbocycles. The third-order valence-electron chi connectivity index (χ3n) is 2.77. The van der Waals surface area contributed by atoms with Crippen molar-refractivity contribution in [1.29, 1.82) is 0 Å². The number of hydrogen-bond acceptors (Lipinski definition) is 2. The Balaban J connectivity index is 2.03. The lowest BCUT2D eigenvalue weighted by molar-refractivity contribution is -0.122. The molecule has 4 nitrogen and oxygen atoms in total. The summed E-state index contributed by atoms with van der Waals surface area (Å²) in [7, 11) is 0. The fraction of sp³-hybridized carbons (Fsp3) is 0.333. The van der Waals surface area contributed by atoms with Crippen molar-refractivity contribution in [1.82, 2.24) is 10.6 Å². The molecule has 2 amide bonds. The minimum atomic E-state index is -0.110. The molecular weight excluding hydrogens is 411 g/mol. The van der Waals surface area contributed by atoms with Crippen molar-refractivity contribution in [2.24, 2.45) is 0 Å². The van der Waals surface area contributed by atoms with Gasteiger partial charge in [-0.15, -0.1) is 0 Å². The minimum Gasteiger partial charge on any atom is -0.354 e. The highest BCUT2D eigenvalue weighted by atomic mass is 127. The lowest BCUT2D eigenvalue weighted by Crippen LogP contribution is -2.47. The number of amides is 2. The Morgan fingerprint density at radius 3 is 2.94 bits per heavy atom. The second kappa shape index (κ2) is 6.01. The molecule has 96 valence electrons. The monoisotopic (exact) mass is 422 g/mol. The maximum absolute atomic E-state index is 12.1. The van der Waals surface area contributed by atoms with Crippen molar-refractivity contribution in [2.45, 2.75) is 18.9 Å². The van der Waals surface area contributed by atoms with Crippen LogP contribution < -0.4 is 10.6 Å². The zero-order valence-electron chi connectivity index (χ0n) is 9.50. The molecule has 0 radical (unpaired) electrons. The molecule has 0 spiro atoms. The van der Waals surface area contributed by atoms with E-state index in [4.69, 9.17) is 0 Å². The van der Waals surface area contributed by atoms with Gasteiger partial charge in [0, 0.05) is 27.1 Å². The van der Waals surface area contributed by atoms with Crippen LogP contribution in [-0.2, 0) is 4.79 Å². The highest BCUT2D eigenvalue weighted by Gasteiger charge is 2.21. The van der Waals surface area contributed by atoms with Crippen molar-refractivity contribution in [2.75, 3.05) is 6.54 Å². The predicted octanol–water partition coefficient (Wildman–Crippen LogP) is 2.06. The summed E-state index contributed by atoms with van der Waals surface area (Å²) in [5.74, 6) is -0.0579. The van der Waals surface area contributed by atoms with E-state index >= 15 is 0 Å². The molecule has 2 N–H and O–H groups in total. The van der Waals surface area contributed by atoms with Crippen LogP contribution in [0.25, 0.3) is 0 Å². The number of nitrogens with one attached hydrogen (secondary N) is 2. The molecule has 0 aromatic heterocycles. The van der Waals surface area contributed by atoms with Crippen molar-refractivity contribution in [3.05, 3.63) is 31.8 Å². The second-order valence-corrected chi connectivity index (χ2v) is 6.24. The smallest absolute Gasteiger partial charge is 0.252 e. The highest BCUT2D eigenvalue weighted by Crippen LogP contribution is 2.19. The Bertz CT molecular complexity index is 483. The molecule has 0 bridgehead atoms. The Labute approximate surface area is 127 Å². The fourth-order valence-corrected chi connectivity index (χ4v) is 2.71. The van der Waals surface area contributed by atoms with E-state index in [0.29, 0.717) is 24.9 Å². The molecule has 1 aliphatic heterocycles. The molecule has 2 rings (SSSR count). The van der Waals surface area contributed by atoms with Gasteiger partial charge in [0.05, 0.1) is 5.56 Å². The fourth-order valence-electron chi connectivity index (χ4n) is 1.79. The van der Waals surface area contributed by atoms with Crippen LogP contribution >= 0.6 is 38.5 Å². The van der Waals surface area contributed by atoms with Crippen LogP contribution in [-0.4, -0.2) is 24.4 Å². The van der Waals surface area contributed by atoms with Crippen LogP contribution in [0.2, 0.25) is 0 Å². The minimum absolute atomic E-state index is 0.0139. The summed E-state index contributed by atoms with van der Waals surface area (Å²) in [4.78, 5) is 23.1. The zero-order valence-corrected chi connectivity index (χ0v) is 13.2. The molecule has 1 saturated heterocycles. The van der Waals surface area contributed by atoms with Gasteiger partial charge in [-0.3, -0.25) is 9.59 Å². The number of hydrogen-bond donors (Lipinski definition) is 2.